The number of methoxy groups -OCH3 is 1. The molecule has 2 N–H and O–H groups in total. The Morgan fingerprint density at radius 1 is 1.09 bits per heavy atom. The molecule has 1 aromatic heterocycles. The smallest absolute Gasteiger partial charge is 0.230 e. The molecule has 0 saturated heterocycles. The Kier molecular flexibility index (Phi) is 7.76. The third kappa shape index (κ3) is 5.54. The van der Waals surface area contributed by atoms with Gasteiger partial charge >= 0.3 is 0 Å². The molecule has 5 heteroatoms. The Balaban J connectivity index is 1.54. The maximum Gasteiger partial charge on any atom is 0.230 e. The molecule has 1 aliphatic rings. The highest BCUT2D eigenvalue weighted by Crippen LogP contribution is 2.48. The van der Waals surface area contributed by atoms with Crippen molar-refractivity contribution < 1.29 is 9.53 Å². The van der Waals surface area contributed by atoms with Gasteiger partial charge in [-0.05, 0) is 60.7 Å². The molecule has 3 aromatic rings. The van der Waals surface area contributed by atoms with Gasteiger partial charge in [0.05, 0.1) is 6.10 Å². The summed E-state index contributed by atoms with van der Waals surface area (Å²) in [6.45, 7) is 4.54. The van der Waals surface area contributed by atoms with Crippen LogP contribution in [0.4, 0.5) is 5.69 Å². The Morgan fingerprint density at radius 2 is 1.76 bits per heavy atom. The van der Waals surface area contributed by atoms with Gasteiger partial charge in [0.2, 0.25) is 5.91 Å². The fourth-order valence-corrected chi connectivity index (χ4v) is 4.43. The second-order valence-corrected chi connectivity index (χ2v) is 9.25. The van der Waals surface area contributed by atoms with Crippen LogP contribution in [0.25, 0.3) is 11.1 Å². The van der Waals surface area contributed by atoms with Gasteiger partial charge in [-0.25, -0.2) is 0 Å². The molecule has 2 aromatic carbocycles. The average molecular weight is 458 g/mol. The van der Waals surface area contributed by atoms with E-state index in [-0.39, 0.29) is 29.9 Å². The molecule has 1 amide bonds. The number of aromatic nitrogens is 1. The van der Waals surface area contributed by atoms with E-state index in [1.807, 2.05) is 42.2 Å². The average Bonchev–Trinajstić information content (AvgIpc) is 3.69. The van der Waals surface area contributed by atoms with Crippen molar-refractivity contribution in [2.75, 3.05) is 18.6 Å². The van der Waals surface area contributed by atoms with Gasteiger partial charge in [-0.1, -0.05) is 55.8 Å². The molecule has 0 bridgehead atoms. The van der Waals surface area contributed by atoms with E-state index < -0.39 is 0 Å². The van der Waals surface area contributed by atoms with Crippen LogP contribution >= 0.6 is 0 Å². The SMILES string of the molecule is CCCc1ccc(-c2ccc(N(C[C@@H](N)[C@@H](C)OC)C(=O)[C@@H]3C[C@H]3c3ccccn3)cc2)cc1. The maximum atomic E-state index is 13.6. The van der Waals surface area contributed by atoms with Gasteiger partial charge in [0.15, 0.2) is 0 Å². The quantitative estimate of drug-likeness (QED) is 0.454. The second kappa shape index (κ2) is 10.9. The lowest BCUT2D eigenvalue weighted by molar-refractivity contribution is -0.120. The molecule has 34 heavy (non-hydrogen) atoms. The number of hydrogen-bond donors (Lipinski definition) is 1. The van der Waals surface area contributed by atoms with Crippen LogP contribution in [0.2, 0.25) is 0 Å². The number of anilines is 1. The van der Waals surface area contributed by atoms with Crippen LogP contribution < -0.4 is 10.6 Å². The molecule has 1 fully saturated rings. The Hall–Kier alpha value is -3.02. The summed E-state index contributed by atoms with van der Waals surface area (Å²) in [5, 5.41) is 0. The molecule has 4 rings (SSSR count). The molecule has 0 unspecified atom stereocenters. The van der Waals surface area contributed by atoms with Crippen molar-refractivity contribution in [1.82, 2.24) is 4.98 Å². The van der Waals surface area contributed by atoms with Crippen molar-refractivity contribution in [3.8, 4) is 11.1 Å². The fraction of sp³-hybridized carbons (Fsp3) is 0.379. The number of rotatable bonds is 10. The minimum absolute atomic E-state index is 0.0641. The van der Waals surface area contributed by atoms with Crippen molar-refractivity contribution in [2.45, 2.75) is 51.2 Å². The lowest BCUT2D eigenvalue weighted by atomic mass is 10.0. The minimum atomic E-state index is -0.285. The van der Waals surface area contributed by atoms with Crippen LogP contribution in [0, 0.1) is 5.92 Å². The lowest BCUT2D eigenvalue weighted by Crippen LogP contribution is -2.47. The second-order valence-electron chi connectivity index (χ2n) is 9.25. The molecule has 178 valence electrons. The summed E-state index contributed by atoms with van der Waals surface area (Å²) in [6.07, 6.45) is 4.70. The predicted octanol–water partition coefficient (Wildman–Crippen LogP) is 5.20. The topological polar surface area (TPSA) is 68.4 Å². The van der Waals surface area contributed by atoms with Crippen LogP contribution in [0.15, 0.2) is 72.9 Å². The van der Waals surface area contributed by atoms with E-state index in [2.05, 4.69) is 48.3 Å². The maximum absolute atomic E-state index is 13.6. The molecule has 0 spiro atoms. The number of nitrogens with two attached hydrogens (primary N) is 1. The van der Waals surface area contributed by atoms with Crippen LogP contribution in [0.3, 0.4) is 0 Å². The van der Waals surface area contributed by atoms with Crippen LogP contribution in [-0.2, 0) is 16.0 Å². The van der Waals surface area contributed by atoms with Crippen molar-refractivity contribution in [3.05, 3.63) is 84.2 Å². The molecule has 1 heterocycles. The van der Waals surface area contributed by atoms with Gasteiger partial charge in [0.1, 0.15) is 0 Å². The van der Waals surface area contributed by atoms with Gasteiger partial charge in [0, 0.05) is 49.1 Å². The summed E-state index contributed by atoms with van der Waals surface area (Å²) >= 11 is 0. The number of amides is 1. The zero-order chi connectivity index (χ0) is 24.1. The van der Waals surface area contributed by atoms with E-state index in [4.69, 9.17) is 10.5 Å². The Bertz CT molecular complexity index is 1070. The predicted molar refractivity (Wildman–Crippen MR) is 138 cm³/mol. The van der Waals surface area contributed by atoms with Crippen molar-refractivity contribution in [1.29, 1.82) is 0 Å². The number of ether oxygens (including phenoxy) is 1. The molecule has 0 radical (unpaired) electrons. The minimum Gasteiger partial charge on any atom is -0.380 e. The van der Waals surface area contributed by atoms with E-state index in [1.54, 1.807) is 13.3 Å². The Labute approximate surface area is 203 Å². The summed E-state index contributed by atoms with van der Waals surface area (Å²) in [4.78, 5) is 19.9. The largest absolute Gasteiger partial charge is 0.380 e. The van der Waals surface area contributed by atoms with E-state index in [0.717, 1.165) is 36.2 Å². The highest BCUT2D eigenvalue weighted by Gasteiger charge is 2.47. The van der Waals surface area contributed by atoms with E-state index in [9.17, 15) is 4.79 Å². The van der Waals surface area contributed by atoms with Crippen LogP contribution in [0.5, 0.6) is 0 Å². The monoisotopic (exact) mass is 457 g/mol. The normalized spacial score (nSPS) is 18.8. The molecule has 1 aliphatic carbocycles. The van der Waals surface area contributed by atoms with E-state index in [1.165, 1.54) is 11.1 Å². The fourth-order valence-electron chi connectivity index (χ4n) is 4.43. The first-order valence-electron chi connectivity index (χ1n) is 12.2. The molecule has 4 atom stereocenters. The van der Waals surface area contributed by atoms with Crippen molar-refractivity contribution in [2.24, 2.45) is 11.7 Å². The van der Waals surface area contributed by atoms with E-state index >= 15 is 0 Å². The molecule has 0 aliphatic heterocycles. The number of benzene rings is 2. The van der Waals surface area contributed by atoms with Crippen LogP contribution in [0.1, 0.15) is 43.9 Å². The number of carbonyl (C=O) groups is 1. The van der Waals surface area contributed by atoms with Crippen molar-refractivity contribution in [3.63, 3.8) is 0 Å². The number of pyridine rings is 1. The summed E-state index contributed by atoms with van der Waals surface area (Å²) < 4.78 is 5.43. The first-order valence-corrected chi connectivity index (χ1v) is 12.2. The summed E-state index contributed by atoms with van der Waals surface area (Å²) in [5.41, 5.74) is 11.9. The molecular formula is C29H35N3O2. The van der Waals surface area contributed by atoms with Gasteiger partial charge in [-0.15, -0.1) is 0 Å². The number of aryl methyl sites for hydroxylation is 1. The highest BCUT2D eigenvalue weighted by atomic mass is 16.5. The Morgan fingerprint density at radius 3 is 2.35 bits per heavy atom. The van der Waals surface area contributed by atoms with Crippen molar-refractivity contribution >= 4 is 11.6 Å². The summed E-state index contributed by atoms with van der Waals surface area (Å²) in [7, 11) is 1.65. The first-order chi connectivity index (χ1) is 16.5. The van der Waals surface area contributed by atoms with Gasteiger partial charge in [-0.2, -0.15) is 0 Å². The van der Waals surface area contributed by atoms with E-state index in [0.29, 0.717) is 6.54 Å². The first kappa shape index (κ1) is 24.1. The van der Waals surface area contributed by atoms with Crippen LogP contribution in [-0.4, -0.2) is 36.7 Å². The third-order valence-electron chi connectivity index (χ3n) is 6.81. The number of nitrogens with zero attached hydrogens (tertiary/aromatic N) is 2. The molecule has 1 saturated carbocycles. The molecular weight excluding hydrogens is 422 g/mol. The number of hydrogen-bond acceptors (Lipinski definition) is 4. The zero-order valence-corrected chi connectivity index (χ0v) is 20.4. The lowest BCUT2D eigenvalue weighted by Gasteiger charge is -2.29. The molecule has 5 nitrogen and oxygen atoms in total. The third-order valence-corrected chi connectivity index (χ3v) is 6.81. The standard InChI is InChI=1S/C29H35N3O2/c1-4-7-21-9-11-22(12-10-21)23-13-15-24(16-14-23)32(19-27(30)20(2)34-3)29(33)26-18-25(26)28-8-5-6-17-31-28/h5-6,8-17,20,25-27H,4,7,18-19,30H2,1-3H3/t20-,25-,26-,27-/m1/s1. The highest BCUT2D eigenvalue weighted by molar-refractivity contribution is 5.97. The summed E-state index contributed by atoms with van der Waals surface area (Å²) in [6, 6.07) is 22.5. The van der Waals surface area contributed by atoms with Gasteiger partial charge in [0.25, 0.3) is 0 Å². The zero-order valence-electron chi connectivity index (χ0n) is 20.4. The van der Waals surface area contributed by atoms with Gasteiger partial charge in [-0.3, -0.25) is 9.78 Å². The summed E-state index contributed by atoms with van der Waals surface area (Å²) in [5.74, 6) is 0.213. The number of carbonyl (C=O) groups excluding carboxylic acids is 1. The van der Waals surface area contributed by atoms with Gasteiger partial charge < -0.3 is 15.4 Å².